The molecule has 2 N–H and O–H groups in total. The van der Waals surface area contributed by atoms with Gasteiger partial charge in [0.2, 0.25) is 11.8 Å². The molecule has 1 atom stereocenters. The number of carbonyl (C=O) groups is 1. The molecule has 0 saturated heterocycles. The number of anilines is 1. The molecule has 2 aromatic heterocycles. The smallest absolute Gasteiger partial charge is 0.319 e. The highest BCUT2D eigenvalue weighted by atomic mass is 16.4. The minimum atomic E-state index is -0.390. The molecule has 0 bridgehead atoms. The van der Waals surface area contributed by atoms with Gasteiger partial charge in [0.1, 0.15) is 6.04 Å². The van der Waals surface area contributed by atoms with Crippen molar-refractivity contribution in [3.63, 3.8) is 0 Å². The molecule has 8 nitrogen and oxygen atoms in total. The first kappa shape index (κ1) is 18.6. The summed E-state index contributed by atoms with van der Waals surface area (Å²) in [4.78, 5) is 12.2. The van der Waals surface area contributed by atoms with E-state index < -0.39 is 0 Å². The Hall–Kier alpha value is -3.16. The van der Waals surface area contributed by atoms with Crippen LogP contribution in [0.4, 0.5) is 10.5 Å². The second kappa shape index (κ2) is 7.61. The summed E-state index contributed by atoms with van der Waals surface area (Å²) in [5.74, 6) is 1.08. The Morgan fingerprint density at radius 1 is 1.07 bits per heavy atom. The predicted molar refractivity (Wildman–Crippen MR) is 102 cm³/mol. The minimum Gasteiger partial charge on any atom is -0.423 e. The van der Waals surface area contributed by atoms with Crippen LogP contribution in [-0.2, 0) is 0 Å². The van der Waals surface area contributed by atoms with Gasteiger partial charge in [0.25, 0.3) is 0 Å². The van der Waals surface area contributed by atoms with Gasteiger partial charge < -0.3 is 15.1 Å². The zero-order chi connectivity index (χ0) is 19.6. The number of hydrogen-bond acceptors (Lipinski definition) is 5. The predicted octanol–water partition coefficient (Wildman–Crippen LogP) is 3.88. The van der Waals surface area contributed by atoms with E-state index in [1.165, 1.54) is 0 Å². The Labute approximate surface area is 158 Å². The maximum absolute atomic E-state index is 12.2. The summed E-state index contributed by atoms with van der Waals surface area (Å²) in [5, 5.41) is 18.0. The number of rotatable bonds is 5. The Morgan fingerprint density at radius 3 is 2.30 bits per heavy atom. The second-order valence-corrected chi connectivity index (χ2v) is 6.84. The number of benzene rings is 1. The molecule has 0 aliphatic heterocycles. The Morgan fingerprint density at radius 2 is 1.74 bits per heavy atom. The standard InChI is InChI=1S/C19H24N6O2/c1-11(2)17-22-23-18(27-17)14(5)20-19(26)21-15-6-8-16(9-7-15)25-13(4)10-12(3)24-25/h6-11,14H,1-5H3,(H2,20,21,26)/t14-/m1/s1. The number of aromatic nitrogens is 4. The first-order valence-corrected chi connectivity index (χ1v) is 8.88. The summed E-state index contributed by atoms with van der Waals surface area (Å²) in [5.41, 5.74) is 3.63. The van der Waals surface area contributed by atoms with Gasteiger partial charge >= 0.3 is 6.03 Å². The van der Waals surface area contributed by atoms with Crippen molar-refractivity contribution < 1.29 is 9.21 Å². The van der Waals surface area contributed by atoms with Crippen LogP contribution < -0.4 is 10.6 Å². The van der Waals surface area contributed by atoms with Crippen LogP contribution >= 0.6 is 0 Å². The van der Waals surface area contributed by atoms with Crippen LogP contribution in [0.2, 0.25) is 0 Å². The maximum Gasteiger partial charge on any atom is 0.319 e. The summed E-state index contributed by atoms with van der Waals surface area (Å²) in [7, 11) is 0. The molecule has 3 rings (SSSR count). The maximum atomic E-state index is 12.2. The van der Waals surface area contributed by atoms with E-state index in [9.17, 15) is 4.79 Å². The summed E-state index contributed by atoms with van der Waals surface area (Å²) in [6.45, 7) is 9.69. The lowest BCUT2D eigenvalue weighted by atomic mass is 10.2. The van der Waals surface area contributed by atoms with Gasteiger partial charge in [0.15, 0.2) is 0 Å². The van der Waals surface area contributed by atoms with Crippen LogP contribution in [0.25, 0.3) is 5.69 Å². The van der Waals surface area contributed by atoms with Gasteiger partial charge in [-0.1, -0.05) is 13.8 Å². The van der Waals surface area contributed by atoms with Crippen LogP contribution in [0.1, 0.15) is 55.9 Å². The Balaban J connectivity index is 1.61. The summed E-state index contributed by atoms with van der Waals surface area (Å²) < 4.78 is 7.43. The minimum absolute atomic E-state index is 0.146. The molecular formula is C19H24N6O2. The monoisotopic (exact) mass is 368 g/mol. The zero-order valence-electron chi connectivity index (χ0n) is 16.1. The molecule has 8 heteroatoms. The number of nitrogens with zero attached hydrogens (tertiary/aromatic N) is 4. The SMILES string of the molecule is Cc1cc(C)n(-c2ccc(NC(=O)N[C@H](C)c3nnc(C(C)C)o3)cc2)n1. The number of carbonyl (C=O) groups excluding carboxylic acids is 1. The van der Waals surface area contributed by atoms with Gasteiger partial charge in [-0.05, 0) is 51.1 Å². The highest BCUT2D eigenvalue weighted by Crippen LogP contribution is 2.18. The molecule has 0 saturated carbocycles. The lowest BCUT2D eigenvalue weighted by molar-refractivity contribution is 0.246. The molecule has 0 unspecified atom stereocenters. The third kappa shape index (κ3) is 4.33. The molecule has 0 radical (unpaired) electrons. The van der Waals surface area contributed by atoms with Crippen molar-refractivity contribution in [1.82, 2.24) is 25.3 Å². The quantitative estimate of drug-likeness (QED) is 0.712. The Kier molecular flexibility index (Phi) is 5.25. The molecule has 3 aromatic rings. The van der Waals surface area contributed by atoms with E-state index in [0.717, 1.165) is 17.1 Å². The van der Waals surface area contributed by atoms with E-state index in [0.29, 0.717) is 17.5 Å². The normalized spacial score (nSPS) is 12.2. The van der Waals surface area contributed by atoms with Gasteiger partial charge in [-0.3, -0.25) is 0 Å². The van der Waals surface area contributed by atoms with Crippen molar-refractivity contribution in [2.24, 2.45) is 0 Å². The van der Waals surface area contributed by atoms with Crippen LogP contribution in [0, 0.1) is 13.8 Å². The van der Waals surface area contributed by atoms with E-state index >= 15 is 0 Å². The van der Waals surface area contributed by atoms with Crippen molar-refractivity contribution in [3.8, 4) is 5.69 Å². The molecular weight excluding hydrogens is 344 g/mol. The van der Waals surface area contributed by atoms with E-state index in [1.807, 2.05) is 62.7 Å². The van der Waals surface area contributed by atoms with E-state index in [1.54, 1.807) is 6.92 Å². The molecule has 27 heavy (non-hydrogen) atoms. The average molecular weight is 368 g/mol. The van der Waals surface area contributed by atoms with Crippen molar-refractivity contribution in [3.05, 3.63) is 53.5 Å². The third-order valence-corrected chi connectivity index (χ3v) is 4.05. The number of hydrogen-bond donors (Lipinski definition) is 2. The van der Waals surface area contributed by atoms with Crippen molar-refractivity contribution >= 4 is 11.7 Å². The van der Waals surface area contributed by atoms with Crippen LogP contribution in [0.3, 0.4) is 0 Å². The van der Waals surface area contributed by atoms with Crippen LogP contribution in [0.5, 0.6) is 0 Å². The third-order valence-electron chi connectivity index (χ3n) is 4.05. The summed E-state index contributed by atoms with van der Waals surface area (Å²) >= 11 is 0. The highest BCUT2D eigenvalue weighted by Gasteiger charge is 2.17. The van der Waals surface area contributed by atoms with E-state index in [2.05, 4.69) is 25.9 Å². The topological polar surface area (TPSA) is 97.9 Å². The lowest BCUT2D eigenvalue weighted by Crippen LogP contribution is -2.31. The van der Waals surface area contributed by atoms with Crippen molar-refractivity contribution in [2.75, 3.05) is 5.32 Å². The van der Waals surface area contributed by atoms with Gasteiger partial charge in [-0.2, -0.15) is 5.10 Å². The fourth-order valence-corrected chi connectivity index (χ4v) is 2.66. The molecule has 0 spiro atoms. The largest absolute Gasteiger partial charge is 0.423 e. The van der Waals surface area contributed by atoms with Crippen LogP contribution in [0.15, 0.2) is 34.7 Å². The molecule has 0 aliphatic carbocycles. The molecule has 2 amide bonds. The van der Waals surface area contributed by atoms with Gasteiger partial charge in [-0.25, -0.2) is 9.48 Å². The number of urea groups is 1. The summed E-state index contributed by atoms with van der Waals surface area (Å²) in [6.07, 6.45) is 0. The first-order valence-electron chi connectivity index (χ1n) is 8.88. The first-order chi connectivity index (χ1) is 12.8. The zero-order valence-corrected chi connectivity index (χ0v) is 16.1. The lowest BCUT2D eigenvalue weighted by Gasteiger charge is -2.12. The van der Waals surface area contributed by atoms with Crippen molar-refractivity contribution in [1.29, 1.82) is 0 Å². The molecule has 0 fully saturated rings. The fourth-order valence-electron chi connectivity index (χ4n) is 2.66. The number of amides is 2. The molecule has 142 valence electrons. The molecule has 1 aromatic carbocycles. The number of nitrogens with one attached hydrogen (secondary N) is 2. The van der Waals surface area contributed by atoms with Crippen LogP contribution in [-0.4, -0.2) is 26.0 Å². The van der Waals surface area contributed by atoms with E-state index in [-0.39, 0.29) is 18.0 Å². The fraction of sp³-hybridized carbons (Fsp3) is 0.368. The Bertz CT molecular complexity index is 926. The van der Waals surface area contributed by atoms with Crippen molar-refractivity contribution in [2.45, 2.75) is 46.6 Å². The number of aryl methyl sites for hydroxylation is 2. The van der Waals surface area contributed by atoms with Gasteiger partial charge in [0, 0.05) is 17.3 Å². The highest BCUT2D eigenvalue weighted by molar-refractivity contribution is 5.89. The second-order valence-electron chi connectivity index (χ2n) is 6.84. The van der Waals surface area contributed by atoms with E-state index in [4.69, 9.17) is 4.42 Å². The van der Waals surface area contributed by atoms with Gasteiger partial charge in [-0.15, -0.1) is 10.2 Å². The average Bonchev–Trinajstić information content (AvgIpc) is 3.22. The molecule has 0 aliphatic rings. The molecule has 2 heterocycles. The van der Waals surface area contributed by atoms with Gasteiger partial charge in [0.05, 0.1) is 11.4 Å². The summed E-state index contributed by atoms with van der Waals surface area (Å²) in [6, 6.07) is 8.77.